The van der Waals surface area contributed by atoms with Crippen molar-refractivity contribution in [3.8, 4) is 0 Å². The molecule has 2 heterocycles. The zero-order valence-electron chi connectivity index (χ0n) is 14.0. The van der Waals surface area contributed by atoms with Crippen LogP contribution in [0.3, 0.4) is 0 Å². The number of carbonyl (C=O) groups is 1. The molecule has 1 unspecified atom stereocenters. The topological polar surface area (TPSA) is 33.5 Å². The Bertz CT molecular complexity index is 772. The van der Waals surface area contributed by atoms with E-state index in [-0.39, 0.29) is 11.8 Å². The maximum atomic E-state index is 13.4. The van der Waals surface area contributed by atoms with E-state index >= 15 is 0 Å². The van der Waals surface area contributed by atoms with Gasteiger partial charge in [0, 0.05) is 19.0 Å². The van der Waals surface area contributed by atoms with E-state index in [1.165, 1.54) is 0 Å². The highest BCUT2D eigenvalue weighted by atomic mass is 16.3. The average Bonchev–Trinajstić information content (AvgIpc) is 3.35. The summed E-state index contributed by atoms with van der Waals surface area (Å²) in [5.41, 5.74) is 2.08. The van der Waals surface area contributed by atoms with E-state index in [9.17, 15) is 4.79 Å². The number of benzene rings is 2. The Morgan fingerprint density at radius 2 is 1.56 bits per heavy atom. The van der Waals surface area contributed by atoms with Crippen molar-refractivity contribution in [2.45, 2.75) is 18.3 Å². The number of likely N-dealkylation sites (tertiary alicyclic amines) is 1. The van der Waals surface area contributed by atoms with E-state index in [0.29, 0.717) is 5.92 Å². The number of hydrogen-bond acceptors (Lipinski definition) is 2. The van der Waals surface area contributed by atoms with Crippen LogP contribution in [0.5, 0.6) is 0 Å². The second kappa shape index (κ2) is 6.98. The second-order valence-corrected chi connectivity index (χ2v) is 6.54. The second-order valence-electron chi connectivity index (χ2n) is 6.54. The highest BCUT2D eigenvalue weighted by Gasteiger charge is 2.33. The molecule has 126 valence electrons. The first-order valence-electron chi connectivity index (χ1n) is 8.75. The van der Waals surface area contributed by atoms with Crippen molar-refractivity contribution in [2.24, 2.45) is 0 Å². The largest absolute Gasteiger partial charge is 0.469 e. The standard InChI is InChI=1S/C22H21NO2/c24-22(23-14-13-19(16-23)20-12-7-15-25-20)21(17-8-3-1-4-9-17)18-10-5-2-6-11-18/h1-12,15,19,21H,13-14,16H2. The van der Waals surface area contributed by atoms with Gasteiger partial charge in [0.05, 0.1) is 12.2 Å². The summed E-state index contributed by atoms with van der Waals surface area (Å²) >= 11 is 0. The fourth-order valence-electron chi connectivity index (χ4n) is 3.67. The Balaban J connectivity index is 1.61. The molecule has 1 aromatic heterocycles. The minimum atomic E-state index is -0.252. The fraction of sp³-hybridized carbons (Fsp3) is 0.227. The number of nitrogens with zero attached hydrogens (tertiary/aromatic N) is 1. The molecule has 1 atom stereocenters. The molecule has 0 N–H and O–H groups in total. The Hall–Kier alpha value is -2.81. The summed E-state index contributed by atoms with van der Waals surface area (Å²) in [6.07, 6.45) is 2.66. The van der Waals surface area contributed by atoms with Crippen LogP contribution in [0.25, 0.3) is 0 Å². The molecular formula is C22H21NO2. The van der Waals surface area contributed by atoms with Gasteiger partial charge in [0.2, 0.25) is 5.91 Å². The van der Waals surface area contributed by atoms with Crippen molar-refractivity contribution in [2.75, 3.05) is 13.1 Å². The molecule has 25 heavy (non-hydrogen) atoms. The first-order valence-corrected chi connectivity index (χ1v) is 8.75. The maximum absolute atomic E-state index is 13.4. The number of rotatable bonds is 4. The van der Waals surface area contributed by atoms with Gasteiger partial charge in [0.1, 0.15) is 5.76 Å². The van der Waals surface area contributed by atoms with Crippen LogP contribution < -0.4 is 0 Å². The summed E-state index contributed by atoms with van der Waals surface area (Å²) in [6, 6.07) is 24.0. The minimum absolute atomic E-state index is 0.173. The molecule has 1 fully saturated rings. The summed E-state index contributed by atoms with van der Waals surface area (Å²) in [7, 11) is 0. The molecule has 2 aromatic carbocycles. The van der Waals surface area contributed by atoms with Crippen LogP contribution in [0.2, 0.25) is 0 Å². The summed E-state index contributed by atoms with van der Waals surface area (Å²) in [5, 5.41) is 0. The first kappa shape index (κ1) is 15.7. The number of hydrogen-bond donors (Lipinski definition) is 0. The lowest BCUT2D eigenvalue weighted by Gasteiger charge is -2.24. The van der Waals surface area contributed by atoms with Crippen LogP contribution in [0, 0.1) is 0 Å². The van der Waals surface area contributed by atoms with Crippen LogP contribution in [0.4, 0.5) is 0 Å². The van der Waals surface area contributed by atoms with Gasteiger partial charge in [-0.25, -0.2) is 0 Å². The molecule has 0 saturated carbocycles. The van der Waals surface area contributed by atoms with E-state index in [1.54, 1.807) is 6.26 Å². The summed E-state index contributed by atoms with van der Waals surface area (Å²) < 4.78 is 5.54. The Morgan fingerprint density at radius 1 is 0.920 bits per heavy atom. The fourth-order valence-corrected chi connectivity index (χ4v) is 3.67. The third kappa shape index (κ3) is 3.22. The van der Waals surface area contributed by atoms with Crippen LogP contribution in [-0.4, -0.2) is 23.9 Å². The molecule has 1 aliphatic rings. The molecule has 1 saturated heterocycles. The van der Waals surface area contributed by atoms with Gasteiger partial charge in [-0.1, -0.05) is 60.7 Å². The number of carbonyl (C=O) groups excluding carboxylic acids is 1. The van der Waals surface area contributed by atoms with Crippen molar-refractivity contribution < 1.29 is 9.21 Å². The van der Waals surface area contributed by atoms with Crippen LogP contribution >= 0.6 is 0 Å². The third-order valence-electron chi connectivity index (χ3n) is 4.96. The Kier molecular flexibility index (Phi) is 4.38. The number of amides is 1. The quantitative estimate of drug-likeness (QED) is 0.709. The van der Waals surface area contributed by atoms with Gasteiger partial charge in [-0.2, -0.15) is 0 Å². The van der Waals surface area contributed by atoms with Crippen molar-refractivity contribution in [1.82, 2.24) is 4.90 Å². The molecule has 0 aliphatic carbocycles. The van der Waals surface area contributed by atoms with E-state index in [1.807, 2.05) is 77.7 Å². The third-order valence-corrected chi connectivity index (χ3v) is 4.96. The monoisotopic (exact) mass is 331 g/mol. The summed E-state index contributed by atoms with van der Waals surface area (Å²) in [4.78, 5) is 15.3. The lowest BCUT2D eigenvalue weighted by atomic mass is 9.90. The lowest BCUT2D eigenvalue weighted by molar-refractivity contribution is -0.130. The van der Waals surface area contributed by atoms with E-state index < -0.39 is 0 Å². The van der Waals surface area contributed by atoms with Gasteiger partial charge in [0.25, 0.3) is 0 Å². The normalized spacial score (nSPS) is 17.2. The zero-order valence-corrected chi connectivity index (χ0v) is 14.0. The summed E-state index contributed by atoms with van der Waals surface area (Å²) in [5.74, 6) is 1.20. The predicted molar refractivity (Wildman–Crippen MR) is 97.4 cm³/mol. The molecule has 1 amide bonds. The van der Waals surface area contributed by atoms with Crippen molar-refractivity contribution >= 4 is 5.91 Å². The van der Waals surface area contributed by atoms with Crippen molar-refractivity contribution in [1.29, 1.82) is 0 Å². The molecule has 0 radical (unpaired) electrons. The molecule has 3 heteroatoms. The van der Waals surface area contributed by atoms with Gasteiger partial charge in [-0.15, -0.1) is 0 Å². The molecule has 0 spiro atoms. The minimum Gasteiger partial charge on any atom is -0.469 e. The Labute approximate surface area is 147 Å². The average molecular weight is 331 g/mol. The maximum Gasteiger partial charge on any atom is 0.234 e. The number of furan rings is 1. The van der Waals surface area contributed by atoms with Gasteiger partial charge < -0.3 is 9.32 Å². The van der Waals surface area contributed by atoms with E-state index in [2.05, 4.69) is 0 Å². The van der Waals surface area contributed by atoms with Crippen molar-refractivity contribution in [3.63, 3.8) is 0 Å². The molecule has 4 rings (SSSR count). The van der Waals surface area contributed by atoms with E-state index in [0.717, 1.165) is 36.4 Å². The lowest BCUT2D eigenvalue weighted by Crippen LogP contribution is -2.33. The molecule has 0 bridgehead atoms. The SMILES string of the molecule is O=C(C(c1ccccc1)c1ccccc1)N1CCC(c2ccco2)C1. The summed E-state index contributed by atoms with van der Waals surface area (Å²) in [6.45, 7) is 1.50. The van der Waals surface area contributed by atoms with Crippen LogP contribution in [0.15, 0.2) is 83.5 Å². The van der Waals surface area contributed by atoms with Gasteiger partial charge in [-0.3, -0.25) is 4.79 Å². The molecule has 3 nitrogen and oxygen atoms in total. The molecule has 3 aromatic rings. The Morgan fingerprint density at radius 3 is 2.12 bits per heavy atom. The zero-order chi connectivity index (χ0) is 17.1. The van der Waals surface area contributed by atoms with Crippen LogP contribution in [-0.2, 0) is 4.79 Å². The first-order chi connectivity index (χ1) is 12.3. The smallest absolute Gasteiger partial charge is 0.234 e. The highest BCUT2D eigenvalue weighted by molar-refractivity contribution is 5.87. The van der Waals surface area contributed by atoms with Gasteiger partial charge >= 0.3 is 0 Å². The highest BCUT2D eigenvalue weighted by Crippen LogP contribution is 2.32. The predicted octanol–water partition coefficient (Wildman–Crippen LogP) is 4.43. The van der Waals surface area contributed by atoms with Gasteiger partial charge in [-0.05, 0) is 29.7 Å². The van der Waals surface area contributed by atoms with E-state index in [4.69, 9.17) is 4.42 Å². The molecule has 1 aliphatic heterocycles. The van der Waals surface area contributed by atoms with Crippen molar-refractivity contribution in [3.05, 3.63) is 95.9 Å². The van der Waals surface area contributed by atoms with Crippen LogP contribution in [0.1, 0.15) is 35.1 Å². The molecular weight excluding hydrogens is 310 g/mol. The van der Waals surface area contributed by atoms with Gasteiger partial charge in [0.15, 0.2) is 0 Å².